The van der Waals surface area contributed by atoms with Crippen LogP contribution < -0.4 is 0 Å². The van der Waals surface area contributed by atoms with E-state index in [-0.39, 0.29) is 17.4 Å². The molecule has 0 aliphatic carbocycles. The number of aliphatic hydroxyl groups excluding tert-OH is 1. The fraction of sp³-hybridized carbons (Fsp3) is 0.208. The van der Waals surface area contributed by atoms with Crippen molar-refractivity contribution in [3.05, 3.63) is 93.9 Å². The largest absolute Gasteiger partial charge is 0.507 e. The van der Waals surface area contributed by atoms with E-state index in [1.807, 2.05) is 48.6 Å². The van der Waals surface area contributed by atoms with E-state index in [1.165, 1.54) is 0 Å². The summed E-state index contributed by atoms with van der Waals surface area (Å²) in [5.74, 6) is -1.47. The highest BCUT2D eigenvalue weighted by Gasteiger charge is 2.47. The van der Waals surface area contributed by atoms with E-state index in [4.69, 9.17) is 0 Å². The number of aromatic nitrogens is 1. The average molecular weight is 434 g/mol. The molecule has 2 atom stereocenters. The van der Waals surface area contributed by atoms with E-state index < -0.39 is 17.7 Å². The molecular weight excluding hydrogens is 410 g/mol. The van der Waals surface area contributed by atoms with Crippen LogP contribution in [0.4, 0.5) is 0 Å². The van der Waals surface area contributed by atoms with Gasteiger partial charge in [-0.05, 0) is 37.2 Å². The number of Topliss-reactive ketones (excluding diaryl/α,β-unsaturated/α-hetero) is 1. The Balaban J connectivity index is 1.83. The maximum absolute atomic E-state index is 13.2. The molecule has 0 saturated carbocycles. The second-order valence-corrected chi connectivity index (χ2v) is 8.58. The number of thiophene rings is 1. The fourth-order valence-corrected chi connectivity index (χ4v) is 4.79. The van der Waals surface area contributed by atoms with Gasteiger partial charge in [-0.1, -0.05) is 42.5 Å². The molecule has 31 heavy (non-hydrogen) atoms. The maximum atomic E-state index is 13.2. The number of nitrogens with zero attached hydrogens (tertiary/aromatic N) is 3. The zero-order chi connectivity index (χ0) is 22.0. The molecule has 158 valence electrons. The third-order valence-electron chi connectivity index (χ3n) is 5.45. The Morgan fingerprint density at radius 3 is 2.52 bits per heavy atom. The van der Waals surface area contributed by atoms with E-state index >= 15 is 0 Å². The van der Waals surface area contributed by atoms with Crippen molar-refractivity contribution in [2.24, 2.45) is 0 Å². The Morgan fingerprint density at radius 2 is 1.90 bits per heavy atom. The number of hydrogen-bond donors (Lipinski definition) is 1. The molecule has 2 unspecified atom stereocenters. The van der Waals surface area contributed by atoms with Gasteiger partial charge in [0.2, 0.25) is 0 Å². The predicted molar refractivity (Wildman–Crippen MR) is 120 cm³/mol. The maximum Gasteiger partial charge on any atom is 0.295 e. The lowest BCUT2D eigenvalue weighted by Gasteiger charge is -2.32. The first kappa shape index (κ1) is 21.0. The summed E-state index contributed by atoms with van der Waals surface area (Å²) in [5, 5.41) is 13.0. The van der Waals surface area contributed by atoms with Crippen molar-refractivity contribution in [1.29, 1.82) is 0 Å². The summed E-state index contributed by atoms with van der Waals surface area (Å²) in [5.41, 5.74) is 1.27. The Kier molecular flexibility index (Phi) is 5.97. The van der Waals surface area contributed by atoms with Crippen LogP contribution in [0.2, 0.25) is 0 Å². The van der Waals surface area contributed by atoms with Crippen LogP contribution in [0.25, 0.3) is 5.76 Å². The van der Waals surface area contributed by atoms with Crippen molar-refractivity contribution < 1.29 is 14.7 Å². The van der Waals surface area contributed by atoms with Gasteiger partial charge in [-0.2, -0.15) is 0 Å². The van der Waals surface area contributed by atoms with Crippen molar-refractivity contribution in [3.8, 4) is 0 Å². The number of pyridine rings is 1. The summed E-state index contributed by atoms with van der Waals surface area (Å²) < 4.78 is 0. The van der Waals surface area contributed by atoms with Crippen LogP contribution in [0, 0.1) is 0 Å². The van der Waals surface area contributed by atoms with Gasteiger partial charge in [0.15, 0.2) is 0 Å². The first-order chi connectivity index (χ1) is 15.0. The molecule has 4 rings (SSSR count). The smallest absolute Gasteiger partial charge is 0.295 e. The van der Waals surface area contributed by atoms with Crippen LogP contribution in [-0.4, -0.2) is 52.2 Å². The lowest BCUT2D eigenvalue weighted by Crippen LogP contribution is -2.37. The van der Waals surface area contributed by atoms with Gasteiger partial charge in [0.1, 0.15) is 5.76 Å². The van der Waals surface area contributed by atoms with Crippen LogP contribution >= 0.6 is 11.3 Å². The third kappa shape index (κ3) is 4.02. The first-order valence-corrected chi connectivity index (χ1v) is 10.8. The van der Waals surface area contributed by atoms with Crippen molar-refractivity contribution in [2.45, 2.75) is 12.1 Å². The van der Waals surface area contributed by atoms with E-state index in [0.29, 0.717) is 17.7 Å². The zero-order valence-electron chi connectivity index (χ0n) is 17.3. The lowest BCUT2D eigenvalue weighted by atomic mass is 9.96. The van der Waals surface area contributed by atoms with Crippen LogP contribution in [0.5, 0.6) is 0 Å². The van der Waals surface area contributed by atoms with Crippen LogP contribution in [0.3, 0.4) is 0 Å². The number of benzene rings is 1. The van der Waals surface area contributed by atoms with E-state index in [2.05, 4.69) is 4.98 Å². The molecule has 1 aromatic carbocycles. The Hall–Kier alpha value is -3.29. The van der Waals surface area contributed by atoms with Gasteiger partial charge in [0.05, 0.1) is 17.7 Å². The summed E-state index contributed by atoms with van der Waals surface area (Å²) >= 11 is 1.61. The fourth-order valence-electron chi connectivity index (χ4n) is 3.88. The number of hydrogen-bond acceptors (Lipinski definition) is 6. The van der Waals surface area contributed by atoms with E-state index in [1.54, 1.807) is 59.0 Å². The SMILES string of the molecule is CN(C)C(CN1C(=O)C(=O)C(=C(O)c2ccccc2)C1c1cccnc1)c1cccs1. The molecule has 2 aromatic heterocycles. The minimum atomic E-state index is -0.712. The van der Waals surface area contributed by atoms with Gasteiger partial charge in [-0.25, -0.2) is 0 Å². The normalized spacial score (nSPS) is 19.2. The van der Waals surface area contributed by atoms with Crippen molar-refractivity contribution in [3.63, 3.8) is 0 Å². The highest BCUT2D eigenvalue weighted by Crippen LogP contribution is 2.40. The number of likely N-dealkylation sites (tertiary alicyclic amines) is 1. The molecule has 3 aromatic rings. The number of ketones is 1. The number of likely N-dealkylation sites (N-methyl/N-ethyl adjacent to an activating group) is 1. The second-order valence-electron chi connectivity index (χ2n) is 7.60. The Bertz CT molecular complexity index is 1100. The molecule has 1 N–H and O–H groups in total. The van der Waals surface area contributed by atoms with Gasteiger partial charge >= 0.3 is 0 Å². The lowest BCUT2D eigenvalue weighted by molar-refractivity contribution is -0.140. The number of rotatable bonds is 6. The molecule has 7 heteroatoms. The highest BCUT2D eigenvalue weighted by molar-refractivity contribution is 7.10. The van der Waals surface area contributed by atoms with Gasteiger partial charge in [-0.3, -0.25) is 14.6 Å². The molecule has 0 radical (unpaired) electrons. The quantitative estimate of drug-likeness (QED) is 0.363. The molecule has 0 bridgehead atoms. The zero-order valence-corrected chi connectivity index (χ0v) is 18.1. The minimum absolute atomic E-state index is 0.0888. The second kappa shape index (κ2) is 8.83. The van der Waals surface area contributed by atoms with Gasteiger partial charge in [0, 0.05) is 29.4 Å². The van der Waals surface area contributed by atoms with Gasteiger partial charge in [0.25, 0.3) is 11.7 Å². The Morgan fingerprint density at radius 1 is 1.13 bits per heavy atom. The summed E-state index contributed by atoms with van der Waals surface area (Å²) in [6.07, 6.45) is 3.28. The Labute approximate surface area is 185 Å². The molecule has 0 spiro atoms. The van der Waals surface area contributed by atoms with Gasteiger partial charge in [-0.15, -0.1) is 11.3 Å². The summed E-state index contributed by atoms with van der Waals surface area (Å²) in [4.78, 5) is 35.1. The summed E-state index contributed by atoms with van der Waals surface area (Å²) in [6.45, 7) is 0.309. The standard InChI is InChI=1S/C24H23N3O3S/c1-26(2)18(19-11-7-13-31-19)15-27-21(17-10-6-12-25-14-17)20(23(29)24(27)30)22(28)16-8-4-3-5-9-16/h3-14,18,21,28H,15H2,1-2H3. The van der Waals surface area contributed by atoms with Crippen molar-refractivity contribution in [1.82, 2.24) is 14.8 Å². The predicted octanol–water partition coefficient (Wildman–Crippen LogP) is 3.87. The molecule has 1 saturated heterocycles. The topological polar surface area (TPSA) is 73.7 Å². The molecule has 3 heterocycles. The molecule has 6 nitrogen and oxygen atoms in total. The minimum Gasteiger partial charge on any atom is -0.507 e. The van der Waals surface area contributed by atoms with Crippen LogP contribution in [0.1, 0.15) is 28.1 Å². The monoisotopic (exact) mass is 433 g/mol. The molecule has 1 aliphatic rings. The number of carbonyl (C=O) groups is 2. The van der Waals surface area contributed by atoms with Crippen molar-refractivity contribution in [2.75, 3.05) is 20.6 Å². The van der Waals surface area contributed by atoms with Crippen molar-refractivity contribution >= 4 is 28.8 Å². The summed E-state index contributed by atoms with van der Waals surface area (Å²) in [6, 6.07) is 15.6. The molecular formula is C24H23N3O3S. The average Bonchev–Trinajstić information content (AvgIpc) is 3.40. The molecule has 1 aliphatic heterocycles. The van der Waals surface area contributed by atoms with E-state index in [9.17, 15) is 14.7 Å². The van der Waals surface area contributed by atoms with Gasteiger partial charge < -0.3 is 14.9 Å². The number of amides is 1. The van der Waals surface area contributed by atoms with E-state index in [0.717, 1.165) is 4.88 Å². The summed E-state index contributed by atoms with van der Waals surface area (Å²) in [7, 11) is 3.90. The number of aliphatic hydroxyl groups is 1. The molecule has 1 amide bonds. The van der Waals surface area contributed by atoms with Crippen LogP contribution in [-0.2, 0) is 9.59 Å². The highest BCUT2D eigenvalue weighted by atomic mass is 32.1. The number of carbonyl (C=O) groups excluding carboxylic acids is 2. The third-order valence-corrected chi connectivity index (χ3v) is 6.43. The van der Waals surface area contributed by atoms with Crippen LogP contribution in [0.15, 0.2) is 77.9 Å². The molecule has 1 fully saturated rings. The first-order valence-electron chi connectivity index (χ1n) is 9.92.